The predicted octanol–water partition coefficient (Wildman–Crippen LogP) is 4.70. The summed E-state index contributed by atoms with van der Waals surface area (Å²) in [6.45, 7) is 12.5. The molecule has 1 amide bonds. The van der Waals surface area contributed by atoms with E-state index in [9.17, 15) is 4.79 Å². The van der Waals surface area contributed by atoms with Gasteiger partial charge >= 0.3 is 6.09 Å². The first-order valence-corrected chi connectivity index (χ1v) is 6.63. The number of ether oxygens (including phenoxy) is 1. The molecule has 106 valence electrons. The molecule has 1 aromatic rings. The normalized spacial score (nSPS) is 12.4. The van der Waals surface area contributed by atoms with Gasteiger partial charge in [0.2, 0.25) is 0 Å². The van der Waals surface area contributed by atoms with Gasteiger partial charge in [0.1, 0.15) is 6.10 Å². The number of carbonyl (C=O) groups is 1. The first-order chi connectivity index (χ1) is 8.60. The van der Waals surface area contributed by atoms with Crippen LogP contribution in [0, 0.1) is 10.8 Å². The lowest BCUT2D eigenvalue weighted by atomic mass is 9.74. The van der Waals surface area contributed by atoms with Crippen LogP contribution in [0.5, 0.6) is 0 Å². The van der Waals surface area contributed by atoms with Gasteiger partial charge in [-0.1, -0.05) is 59.7 Å². The van der Waals surface area contributed by atoms with E-state index < -0.39 is 6.09 Å². The van der Waals surface area contributed by atoms with Crippen LogP contribution < -0.4 is 5.32 Å². The molecule has 19 heavy (non-hydrogen) atoms. The van der Waals surface area contributed by atoms with Crippen molar-refractivity contribution in [2.45, 2.75) is 47.6 Å². The summed E-state index contributed by atoms with van der Waals surface area (Å²) < 4.78 is 5.63. The summed E-state index contributed by atoms with van der Waals surface area (Å²) in [6.07, 6.45) is -0.565. The van der Waals surface area contributed by atoms with Gasteiger partial charge in [0.15, 0.2) is 0 Å². The molecule has 0 unspecified atom stereocenters. The van der Waals surface area contributed by atoms with Crippen LogP contribution in [0.1, 0.15) is 41.5 Å². The maximum atomic E-state index is 12.0. The standard InChI is InChI=1S/C16H25NO2/c1-15(2,3)13(16(4,5)6)19-14(18)17-12-10-8-7-9-11-12/h7-11,13H,1-6H3,(H,17,18). The van der Waals surface area contributed by atoms with Crippen LogP contribution >= 0.6 is 0 Å². The summed E-state index contributed by atoms with van der Waals surface area (Å²) in [6, 6.07) is 9.33. The zero-order valence-corrected chi connectivity index (χ0v) is 12.8. The topological polar surface area (TPSA) is 38.3 Å². The third-order valence-corrected chi connectivity index (χ3v) is 2.82. The predicted molar refractivity (Wildman–Crippen MR) is 79.2 cm³/mol. The highest BCUT2D eigenvalue weighted by Gasteiger charge is 2.38. The molecule has 0 aliphatic carbocycles. The van der Waals surface area contributed by atoms with Crippen molar-refractivity contribution in [3.8, 4) is 0 Å². The van der Waals surface area contributed by atoms with Gasteiger partial charge in [-0.3, -0.25) is 5.32 Å². The zero-order chi connectivity index (χ0) is 14.7. The van der Waals surface area contributed by atoms with E-state index >= 15 is 0 Å². The smallest absolute Gasteiger partial charge is 0.411 e. The SMILES string of the molecule is CC(C)(C)C(OC(=O)Nc1ccccc1)C(C)(C)C. The van der Waals surface area contributed by atoms with Gasteiger partial charge in [0.25, 0.3) is 0 Å². The molecule has 0 aromatic heterocycles. The average Bonchev–Trinajstić information content (AvgIpc) is 2.24. The number of hydrogen-bond donors (Lipinski definition) is 1. The van der Waals surface area contributed by atoms with Gasteiger partial charge in [-0.2, -0.15) is 0 Å². The fraction of sp³-hybridized carbons (Fsp3) is 0.562. The molecule has 0 saturated carbocycles. The molecule has 0 fully saturated rings. The Balaban J connectivity index is 2.73. The highest BCUT2D eigenvalue weighted by atomic mass is 16.6. The van der Waals surface area contributed by atoms with Crippen LogP contribution in [-0.4, -0.2) is 12.2 Å². The lowest BCUT2D eigenvalue weighted by Crippen LogP contribution is -2.42. The Labute approximate surface area is 116 Å². The Kier molecular flexibility index (Phi) is 4.61. The Morgan fingerprint density at radius 1 is 1.00 bits per heavy atom. The summed E-state index contributed by atoms with van der Waals surface area (Å²) in [7, 11) is 0. The molecule has 1 rings (SSSR count). The van der Waals surface area contributed by atoms with E-state index in [1.807, 2.05) is 30.3 Å². The lowest BCUT2D eigenvalue weighted by Gasteiger charge is -2.39. The van der Waals surface area contributed by atoms with Crippen LogP contribution in [0.15, 0.2) is 30.3 Å². The van der Waals surface area contributed by atoms with E-state index in [0.29, 0.717) is 0 Å². The van der Waals surface area contributed by atoms with Crippen LogP contribution in [0.25, 0.3) is 0 Å². The van der Waals surface area contributed by atoms with Crippen LogP contribution in [0.4, 0.5) is 10.5 Å². The molecule has 3 heteroatoms. The molecule has 0 spiro atoms. The molecule has 0 radical (unpaired) electrons. The number of benzene rings is 1. The van der Waals surface area contributed by atoms with Crippen LogP contribution in [-0.2, 0) is 4.74 Å². The van der Waals surface area contributed by atoms with E-state index in [0.717, 1.165) is 5.69 Å². The second-order valence-electron chi connectivity index (χ2n) is 7.01. The number of rotatable bonds is 2. The molecule has 0 aliphatic rings. The quantitative estimate of drug-likeness (QED) is 0.840. The second kappa shape index (κ2) is 5.64. The summed E-state index contributed by atoms with van der Waals surface area (Å²) >= 11 is 0. The summed E-state index contributed by atoms with van der Waals surface area (Å²) in [5, 5.41) is 2.76. The molecule has 1 aromatic carbocycles. The molecular formula is C16H25NO2. The van der Waals surface area contributed by atoms with Gasteiger partial charge in [-0.05, 0) is 23.0 Å². The van der Waals surface area contributed by atoms with E-state index in [4.69, 9.17) is 4.74 Å². The van der Waals surface area contributed by atoms with Crippen molar-refractivity contribution in [2.75, 3.05) is 5.32 Å². The first kappa shape index (κ1) is 15.5. The molecule has 0 atom stereocenters. The minimum Gasteiger partial charge on any atom is -0.445 e. The molecule has 3 nitrogen and oxygen atoms in total. The Hall–Kier alpha value is -1.51. The van der Waals surface area contributed by atoms with Crippen molar-refractivity contribution in [2.24, 2.45) is 10.8 Å². The van der Waals surface area contributed by atoms with Gasteiger partial charge in [0.05, 0.1) is 0 Å². The van der Waals surface area contributed by atoms with Crippen molar-refractivity contribution < 1.29 is 9.53 Å². The molecule has 0 bridgehead atoms. The Morgan fingerprint density at radius 3 is 1.89 bits per heavy atom. The summed E-state index contributed by atoms with van der Waals surface area (Å²) in [5.74, 6) is 0. The van der Waals surface area contributed by atoms with Gasteiger partial charge < -0.3 is 4.74 Å². The van der Waals surface area contributed by atoms with Crippen molar-refractivity contribution in [1.29, 1.82) is 0 Å². The maximum Gasteiger partial charge on any atom is 0.411 e. The van der Waals surface area contributed by atoms with Crippen molar-refractivity contribution in [3.63, 3.8) is 0 Å². The highest BCUT2D eigenvalue weighted by molar-refractivity contribution is 5.84. The van der Waals surface area contributed by atoms with Crippen molar-refractivity contribution >= 4 is 11.8 Å². The van der Waals surface area contributed by atoms with E-state index in [1.54, 1.807) is 0 Å². The minimum absolute atomic E-state index is 0.105. The number of carbonyl (C=O) groups excluding carboxylic acids is 1. The van der Waals surface area contributed by atoms with Gasteiger partial charge in [-0.25, -0.2) is 4.79 Å². The van der Waals surface area contributed by atoms with E-state index in [2.05, 4.69) is 46.9 Å². The number of anilines is 1. The van der Waals surface area contributed by atoms with Crippen LogP contribution in [0.3, 0.4) is 0 Å². The minimum atomic E-state index is -0.402. The summed E-state index contributed by atoms with van der Waals surface area (Å²) in [4.78, 5) is 12.0. The first-order valence-electron chi connectivity index (χ1n) is 6.63. The van der Waals surface area contributed by atoms with Crippen LogP contribution in [0.2, 0.25) is 0 Å². The lowest BCUT2D eigenvalue weighted by molar-refractivity contribution is -0.0313. The van der Waals surface area contributed by atoms with Crippen molar-refractivity contribution in [3.05, 3.63) is 30.3 Å². The third kappa shape index (κ3) is 4.93. The fourth-order valence-corrected chi connectivity index (χ4v) is 2.43. The molecule has 0 saturated heterocycles. The van der Waals surface area contributed by atoms with Gasteiger partial charge in [0, 0.05) is 5.69 Å². The van der Waals surface area contributed by atoms with Gasteiger partial charge in [-0.15, -0.1) is 0 Å². The Morgan fingerprint density at radius 2 is 1.47 bits per heavy atom. The number of nitrogens with one attached hydrogen (secondary N) is 1. The number of amides is 1. The zero-order valence-electron chi connectivity index (χ0n) is 12.8. The molecule has 0 heterocycles. The highest BCUT2D eigenvalue weighted by Crippen LogP contribution is 2.36. The molecule has 1 N–H and O–H groups in total. The average molecular weight is 263 g/mol. The number of hydrogen-bond acceptors (Lipinski definition) is 2. The molecule has 0 aliphatic heterocycles. The maximum absolute atomic E-state index is 12.0. The Bertz CT molecular complexity index is 399. The fourth-order valence-electron chi connectivity index (χ4n) is 2.43. The monoisotopic (exact) mass is 263 g/mol. The summed E-state index contributed by atoms with van der Waals surface area (Å²) in [5.41, 5.74) is 0.535. The second-order valence-corrected chi connectivity index (χ2v) is 7.01. The van der Waals surface area contributed by atoms with Crippen molar-refractivity contribution in [1.82, 2.24) is 0 Å². The third-order valence-electron chi connectivity index (χ3n) is 2.82. The van der Waals surface area contributed by atoms with E-state index in [-0.39, 0.29) is 16.9 Å². The van der Waals surface area contributed by atoms with E-state index in [1.165, 1.54) is 0 Å². The largest absolute Gasteiger partial charge is 0.445 e. The molecular weight excluding hydrogens is 238 g/mol. The number of para-hydroxylation sites is 1.